The Hall–Kier alpha value is -1.75. The fraction of sp³-hybridized carbons (Fsp3) is 0.562. The summed E-state index contributed by atoms with van der Waals surface area (Å²) in [6, 6.07) is 5.72. The van der Waals surface area contributed by atoms with Gasteiger partial charge in [-0.25, -0.2) is 0 Å². The molecule has 1 N–H and O–H groups in total. The highest BCUT2D eigenvalue weighted by molar-refractivity contribution is 5.76. The number of methoxy groups -OCH3 is 2. The third kappa shape index (κ3) is 3.88. The number of nitrogens with one attached hydrogen (secondary N) is 1. The maximum absolute atomic E-state index is 11.5. The van der Waals surface area contributed by atoms with Crippen molar-refractivity contribution in [2.24, 2.45) is 0 Å². The summed E-state index contributed by atoms with van der Waals surface area (Å²) >= 11 is 0. The number of aryl methyl sites for hydroxylation is 1. The second-order valence-electron chi connectivity index (χ2n) is 5.19. The molecule has 1 fully saturated rings. The van der Waals surface area contributed by atoms with Gasteiger partial charge >= 0.3 is 5.97 Å². The number of ether oxygens (including phenoxy) is 3. The topological polar surface area (TPSA) is 56.8 Å². The average Bonchev–Trinajstić information content (AvgIpc) is 2.96. The number of esters is 1. The van der Waals surface area contributed by atoms with Crippen molar-refractivity contribution >= 4 is 5.97 Å². The third-order valence-corrected chi connectivity index (χ3v) is 3.64. The maximum Gasteiger partial charge on any atom is 0.323 e. The van der Waals surface area contributed by atoms with Crippen LogP contribution in [-0.2, 0) is 16.0 Å². The van der Waals surface area contributed by atoms with Gasteiger partial charge in [-0.15, -0.1) is 0 Å². The molecule has 1 aliphatic rings. The van der Waals surface area contributed by atoms with E-state index < -0.39 is 0 Å². The van der Waals surface area contributed by atoms with Crippen LogP contribution in [0.5, 0.6) is 11.5 Å². The van der Waals surface area contributed by atoms with E-state index in [1.54, 1.807) is 7.11 Å². The lowest BCUT2D eigenvalue weighted by Crippen LogP contribution is -2.31. The summed E-state index contributed by atoms with van der Waals surface area (Å²) in [5, 5.41) is 3.11. The molecular formula is C16H23NO4. The van der Waals surface area contributed by atoms with Gasteiger partial charge in [-0.3, -0.25) is 4.79 Å². The lowest BCUT2D eigenvalue weighted by atomic mass is 10.1. The van der Waals surface area contributed by atoms with Gasteiger partial charge in [0.2, 0.25) is 0 Å². The average molecular weight is 293 g/mol. The number of rotatable bonds is 6. The maximum atomic E-state index is 11.5. The highest BCUT2D eigenvalue weighted by atomic mass is 16.5. The molecule has 1 saturated heterocycles. The van der Waals surface area contributed by atoms with E-state index in [1.165, 1.54) is 12.7 Å². The number of hydrogen-bond donors (Lipinski definition) is 1. The summed E-state index contributed by atoms with van der Waals surface area (Å²) in [4.78, 5) is 11.5. The standard InChI is InChI=1S/C16H23NO4/c1-4-5-11-6-7-14(15(8-11)19-2)21-12-9-13(17-10-12)16(18)20-3/h6-8,12-13,17H,4-5,9-10H2,1-3H3/t12-,13-/m0/s1. The van der Waals surface area contributed by atoms with E-state index in [0.29, 0.717) is 13.0 Å². The predicted molar refractivity (Wildman–Crippen MR) is 79.8 cm³/mol. The first kappa shape index (κ1) is 15.6. The molecule has 21 heavy (non-hydrogen) atoms. The van der Waals surface area contributed by atoms with Crippen LogP contribution in [0.4, 0.5) is 0 Å². The van der Waals surface area contributed by atoms with Crippen LogP contribution in [0, 0.1) is 0 Å². The van der Waals surface area contributed by atoms with E-state index >= 15 is 0 Å². The molecule has 1 aliphatic heterocycles. The number of carbonyl (C=O) groups excluding carboxylic acids is 1. The Labute approximate surface area is 125 Å². The molecule has 5 nitrogen and oxygen atoms in total. The van der Waals surface area contributed by atoms with Gasteiger partial charge in [-0.1, -0.05) is 19.4 Å². The molecule has 1 aromatic carbocycles. The fourth-order valence-corrected chi connectivity index (χ4v) is 2.55. The van der Waals surface area contributed by atoms with Crippen LogP contribution >= 0.6 is 0 Å². The molecule has 0 unspecified atom stereocenters. The van der Waals surface area contributed by atoms with Crippen molar-refractivity contribution in [2.45, 2.75) is 38.3 Å². The van der Waals surface area contributed by atoms with Gasteiger partial charge in [0.1, 0.15) is 12.1 Å². The smallest absolute Gasteiger partial charge is 0.323 e. The van der Waals surface area contributed by atoms with E-state index in [-0.39, 0.29) is 18.1 Å². The molecule has 0 radical (unpaired) electrons. The molecule has 0 bridgehead atoms. The van der Waals surface area contributed by atoms with E-state index in [0.717, 1.165) is 24.3 Å². The first-order valence-corrected chi connectivity index (χ1v) is 7.32. The first-order chi connectivity index (χ1) is 10.2. The van der Waals surface area contributed by atoms with Crippen molar-refractivity contribution < 1.29 is 19.0 Å². The SMILES string of the molecule is CCCc1ccc(O[C@@H]2CN[C@H](C(=O)OC)C2)c(OC)c1. The van der Waals surface area contributed by atoms with Crippen LogP contribution in [0.3, 0.4) is 0 Å². The van der Waals surface area contributed by atoms with Gasteiger partial charge in [-0.05, 0) is 24.1 Å². The Morgan fingerprint density at radius 2 is 2.14 bits per heavy atom. The molecule has 1 heterocycles. The number of carbonyl (C=O) groups is 1. The summed E-state index contributed by atoms with van der Waals surface area (Å²) in [5.74, 6) is 1.21. The Balaban J connectivity index is 2.01. The zero-order valence-electron chi connectivity index (χ0n) is 12.8. The molecule has 0 spiro atoms. The molecule has 5 heteroatoms. The van der Waals surface area contributed by atoms with Gasteiger partial charge < -0.3 is 19.5 Å². The molecular weight excluding hydrogens is 270 g/mol. The predicted octanol–water partition coefficient (Wildman–Crippen LogP) is 1.93. The summed E-state index contributed by atoms with van der Waals surface area (Å²) < 4.78 is 16.1. The van der Waals surface area contributed by atoms with Crippen molar-refractivity contribution in [3.8, 4) is 11.5 Å². The lowest BCUT2D eigenvalue weighted by molar-refractivity contribution is -0.142. The van der Waals surface area contributed by atoms with Crippen LogP contribution in [-0.4, -0.2) is 38.9 Å². The minimum Gasteiger partial charge on any atom is -0.493 e. The van der Waals surface area contributed by atoms with Crippen molar-refractivity contribution in [1.29, 1.82) is 0 Å². The fourth-order valence-electron chi connectivity index (χ4n) is 2.55. The summed E-state index contributed by atoms with van der Waals surface area (Å²) in [6.07, 6.45) is 2.66. The van der Waals surface area contributed by atoms with Crippen LogP contribution in [0.1, 0.15) is 25.3 Å². The second kappa shape index (κ2) is 7.31. The Morgan fingerprint density at radius 1 is 1.33 bits per heavy atom. The van der Waals surface area contributed by atoms with Crippen LogP contribution in [0.15, 0.2) is 18.2 Å². The normalized spacial score (nSPS) is 21.1. The third-order valence-electron chi connectivity index (χ3n) is 3.64. The molecule has 0 saturated carbocycles. The van der Waals surface area contributed by atoms with Crippen LogP contribution in [0.2, 0.25) is 0 Å². The van der Waals surface area contributed by atoms with Gasteiger partial charge in [0, 0.05) is 13.0 Å². The van der Waals surface area contributed by atoms with Crippen molar-refractivity contribution in [3.05, 3.63) is 23.8 Å². The Morgan fingerprint density at radius 3 is 2.81 bits per heavy atom. The van der Waals surface area contributed by atoms with Crippen LogP contribution in [0.25, 0.3) is 0 Å². The molecule has 1 aromatic rings. The molecule has 0 aliphatic carbocycles. The number of benzene rings is 1. The zero-order valence-corrected chi connectivity index (χ0v) is 12.8. The highest BCUT2D eigenvalue weighted by Gasteiger charge is 2.31. The van der Waals surface area contributed by atoms with E-state index in [1.807, 2.05) is 12.1 Å². The number of hydrogen-bond acceptors (Lipinski definition) is 5. The van der Waals surface area contributed by atoms with E-state index in [2.05, 4.69) is 18.3 Å². The minimum atomic E-state index is -0.287. The Bertz CT molecular complexity index is 489. The van der Waals surface area contributed by atoms with Crippen molar-refractivity contribution in [2.75, 3.05) is 20.8 Å². The zero-order chi connectivity index (χ0) is 15.2. The largest absolute Gasteiger partial charge is 0.493 e. The molecule has 2 atom stereocenters. The van der Waals surface area contributed by atoms with Crippen molar-refractivity contribution in [3.63, 3.8) is 0 Å². The lowest BCUT2D eigenvalue weighted by Gasteiger charge is -2.16. The van der Waals surface area contributed by atoms with Gasteiger partial charge in [0.15, 0.2) is 11.5 Å². The minimum absolute atomic E-state index is 0.0555. The molecule has 2 rings (SSSR count). The van der Waals surface area contributed by atoms with Gasteiger partial charge in [0.05, 0.1) is 14.2 Å². The first-order valence-electron chi connectivity index (χ1n) is 7.32. The molecule has 0 aromatic heterocycles. The quantitative estimate of drug-likeness (QED) is 0.812. The molecule has 0 amide bonds. The van der Waals surface area contributed by atoms with E-state index in [4.69, 9.17) is 14.2 Å². The summed E-state index contributed by atoms with van der Waals surface area (Å²) in [6.45, 7) is 2.77. The van der Waals surface area contributed by atoms with Gasteiger partial charge in [0.25, 0.3) is 0 Å². The highest BCUT2D eigenvalue weighted by Crippen LogP contribution is 2.30. The summed E-state index contributed by atoms with van der Waals surface area (Å²) in [7, 11) is 3.04. The molecule has 116 valence electrons. The second-order valence-corrected chi connectivity index (χ2v) is 5.19. The Kier molecular flexibility index (Phi) is 5.44. The van der Waals surface area contributed by atoms with Crippen molar-refractivity contribution in [1.82, 2.24) is 5.32 Å². The summed E-state index contributed by atoms with van der Waals surface area (Å²) in [5.41, 5.74) is 1.23. The van der Waals surface area contributed by atoms with Gasteiger partial charge in [-0.2, -0.15) is 0 Å². The van der Waals surface area contributed by atoms with E-state index in [9.17, 15) is 4.79 Å². The monoisotopic (exact) mass is 293 g/mol. The van der Waals surface area contributed by atoms with Crippen LogP contribution < -0.4 is 14.8 Å².